The first-order valence-corrected chi connectivity index (χ1v) is 8.00. The van der Waals surface area contributed by atoms with E-state index in [4.69, 9.17) is 10.5 Å². The van der Waals surface area contributed by atoms with Gasteiger partial charge in [0.25, 0.3) is 0 Å². The molecule has 1 fully saturated rings. The number of rotatable bonds is 6. The Morgan fingerprint density at radius 1 is 1.24 bits per heavy atom. The molecule has 4 heteroatoms. The second kappa shape index (κ2) is 7.78. The molecule has 1 aromatic rings. The molecule has 118 valence electrons. The highest BCUT2D eigenvalue weighted by molar-refractivity contribution is 5.30. The van der Waals surface area contributed by atoms with Crippen molar-refractivity contribution in [3.05, 3.63) is 29.8 Å². The van der Waals surface area contributed by atoms with Gasteiger partial charge in [0.15, 0.2) is 0 Å². The van der Waals surface area contributed by atoms with Crippen LogP contribution in [0.1, 0.15) is 31.9 Å². The number of hydrogen-bond donors (Lipinski definition) is 1. The van der Waals surface area contributed by atoms with Crippen LogP contribution in [0, 0.1) is 0 Å². The van der Waals surface area contributed by atoms with Crippen molar-refractivity contribution in [2.75, 3.05) is 39.8 Å². The maximum Gasteiger partial charge on any atom is 0.119 e. The third-order valence-corrected chi connectivity index (χ3v) is 4.60. The van der Waals surface area contributed by atoms with E-state index in [2.05, 4.69) is 29.7 Å². The quantitative estimate of drug-likeness (QED) is 0.871. The summed E-state index contributed by atoms with van der Waals surface area (Å²) in [5, 5.41) is 0. The minimum atomic E-state index is 0.0512. The van der Waals surface area contributed by atoms with Crippen LogP contribution >= 0.6 is 0 Å². The Bertz CT molecular complexity index is 430. The van der Waals surface area contributed by atoms with Crippen molar-refractivity contribution in [1.82, 2.24) is 9.80 Å². The van der Waals surface area contributed by atoms with Crippen LogP contribution in [0.5, 0.6) is 5.75 Å². The molecule has 0 spiro atoms. The van der Waals surface area contributed by atoms with E-state index in [0.717, 1.165) is 44.0 Å². The van der Waals surface area contributed by atoms with Gasteiger partial charge in [0.1, 0.15) is 5.75 Å². The molecule has 0 radical (unpaired) electrons. The molecule has 2 rings (SSSR count). The second-order valence-electron chi connectivity index (χ2n) is 5.98. The molecule has 0 saturated carbocycles. The van der Waals surface area contributed by atoms with Crippen molar-refractivity contribution in [2.24, 2.45) is 5.73 Å². The largest absolute Gasteiger partial charge is 0.497 e. The zero-order valence-electron chi connectivity index (χ0n) is 13.6. The van der Waals surface area contributed by atoms with Crippen LogP contribution in [0.3, 0.4) is 0 Å². The number of ether oxygens (including phenoxy) is 1. The number of nitrogens with two attached hydrogens (primary N) is 1. The maximum atomic E-state index is 6.36. The Morgan fingerprint density at radius 3 is 2.57 bits per heavy atom. The van der Waals surface area contributed by atoms with Crippen molar-refractivity contribution in [2.45, 2.75) is 32.4 Å². The molecule has 2 N–H and O–H groups in total. The topological polar surface area (TPSA) is 41.7 Å². The molecule has 0 bridgehead atoms. The molecule has 2 unspecified atom stereocenters. The number of piperazine rings is 1. The molecule has 1 aromatic carbocycles. The van der Waals surface area contributed by atoms with Gasteiger partial charge in [0, 0.05) is 44.8 Å². The molecule has 4 nitrogen and oxygen atoms in total. The third-order valence-electron chi connectivity index (χ3n) is 4.60. The van der Waals surface area contributed by atoms with Gasteiger partial charge in [-0.1, -0.05) is 19.1 Å². The molecule has 0 aliphatic carbocycles. The molecule has 0 amide bonds. The summed E-state index contributed by atoms with van der Waals surface area (Å²) in [4.78, 5) is 5.05. The van der Waals surface area contributed by atoms with Crippen LogP contribution in [0.2, 0.25) is 0 Å². The van der Waals surface area contributed by atoms with E-state index in [1.807, 2.05) is 18.2 Å². The average molecular weight is 291 g/mol. The standard InChI is InChI=1S/C17H29N3O/c1-4-14(2)20-10-8-19(9-11-20)13-17(18)15-6-5-7-16(12-15)21-3/h5-7,12,14,17H,4,8-11,13,18H2,1-3H3. The van der Waals surface area contributed by atoms with Crippen molar-refractivity contribution in [3.63, 3.8) is 0 Å². The maximum absolute atomic E-state index is 6.36. The van der Waals surface area contributed by atoms with E-state index in [-0.39, 0.29) is 6.04 Å². The molecule has 1 saturated heterocycles. The summed E-state index contributed by atoms with van der Waals surface area (Å²) in [6.07, 6.45) is 1.23. The summed E-state index contributed by atoms with van der Waals surface area (Å²) in [5.41, 5.74) is 7.51. The van der Waals surface area contributed by atoms with Crippen molar-refractivity contribution in [1.29, 1.82) is 0 Å². The molecular weight excluding hydrogens is 262 g/mol. The monoisotopic (exact) mass is 291 g/mol. The van der Waals surface area contributed by atoms with E-state index in [1.165, 1.54) is 6.42 Å². The molecule has 21 heavy (non-hydrogen) atoms. The van der Waals surface area contributed by atoms with Gasteiger partial charge in [-0.15, -0.1) is 0 Å². The van der Waals surface area contributed by atoms with E-state index < -0.39 is 0 Å². The van der Waals surface area contributed by atoms with Crippen LogP contribution in [0.25, 0.3) is 0 Å². The highest BCUT2D eigenvalue weighted by atomic mass is 16.5. The van der Waals surface area contributed by atoms with E-state index in [0.29, 0.717) is 6.04 Å². The summed E-state index contributed by atoms with van der Waals surface area (Å²) in [5.74, 6) is 0.879. The minimum absolute atomic E-state index is 0.0512. The summed E-state index contributed by atoms with van der Waals surface area (Å²) in [6, 6.07) is 8.84. The van der Waals surface area contributed by atoms with Crippen LogP contribution in [0.4, 0.5) is 0 Å². The zero-order valence-corrected chi connectivity index (χ0v) is 13.6. The fourth-order valence-electron chi connectivity index (χ4n) is 2.90. The van der Waals surface area contributed by atoms with E-state index in [9.17, 15) is 0 Å². The van der Waals surface area contributed by atoms with Crippen LogP contribution in [-0.2, 0) is 0 Å². The van der Waals surface area contributed by atoms with Gasteiger partial charge < -0.3 is 10.5 Å². The summed E-state index contributed by atoms with van der Waals surface area (Å²) < 4.78 is 5.27. The van der Waals surface area contributed by atoms with Gasteiger partial charge in [-0.2, -0.15) is 0 Å². The first kappa shape index (κ1) is 16.3. The second-order valence-corrected chi connectivity index (χ2v) is 5.98. The van der Waals surface area contributed by atoms with Gasteiger partial charge in [0.05, 0.1) is 7.11 Å². The van der Waals surface area contributed by atoms with Crippen LogP contribution < -0.4 is 10.5 Å². The Hall–Kier alpha value is -1.10. The Kier molecular flexibility index (Phi) is 6.03. The lowest BCUT2D eigenvalue weighted by molar-refractivity contribution is 0.0968. The summed E-state index contributed by atoms with van der Waals surface area (Å²) >= 11 is 0. The van der Waals surface area contributed by atoms with E-state index in [1.54, 1.807) is 7.11 Å². The molecule has 0 aromatic heterocycles. The molecule has 1 aliphatic heterocycles. The number of benzene rings is 1. The molecule has 2 atom stereocenters. The SMILES string of the molecule is CCC(C)N1CCN(CC(N)c2cccc(OC)c2)CC1. The van der Waals surface area contributed by atoms with E-state index >= 15 is 0 Å². The van der Waals surface area contributed by atoms with Gasteiger partial charge in [-0.25, -0.2) is 0 Å². The lowest BCUT2D eigenvalue weighted by Gasteiger charge is -2.38. The van der Waals surface area contributed by atoms with Crippen molar-refractivity contribution in [3.8, 4) is 5.75 Å². The van der Waals surface area contributed by atoms with Crippen LogP contribution in [0.15, 0.2) is 24.3 Å². The highest BCUT2D eigenvalue weighted by Crippen LogP contribution is 2.19. The lowest BCUT2D eigenvalue weighted by Crippen LogP contribution is -2.50. The van der Waals surface area contributed by atoms with Gasteiger partial charge in [-0.05, 0) is 31.0 Å². The Balaban J connectivity index is 1.85. The average Bonchev–Trinajstić information content (AvgIpc) is 2.54. The van der Waals surface area contributed by atoms with Gasteiger partial charge >= 0.3 is 0 Å². The molecule has 1 aliphatic rings. The van der Waals surface area contributed by atoms with Gasteiger partial charge in [0.2, 0.25) is 0 Å². The zero-order chi connectivity index (χ0) is 15.2. The van der Waals surface area contributed by atoms with Crippen molar-refractivity contribution < 1.29 is 4.74 Å². The summed E-state index contributed by atoms with van der Waals surface area (Å²) in [6.45, 7) is 10.0. The lowest BCUT2D eigenvalue weighted by atomic mass is 10.1. The number of hydrogen-bond acceptors (Lipinski definition) is 4. The first-order valence-electron chi connectivity index (χ1n) is 8.00. The third kappa shape index (κ3) is 4.43. The fraction of sp³-hybridized carbons (Fsp3) is 0.647. The normalized spacial score (nSPS) is 20.2. The highest BCUT2D eigenvalue weighted by Gasteiger charge is 2.21. The van der Waals surface area contributed by atoms with Crippen LogP contribution in [-0.4, -0.2) is 55.7 Å². The Labute approximate surface area is 128 Å². The first-order chi connectivity index (χ1) is 10.1. The Morgan fingerprint density at radius 2 is 1.95 bits per heavy atom. The number of nitrogens with zero attached hydrogens (tertiary/aromatic N) is 2. The number of methoxy groups -OCH3 is 1. The molecule has 1 heterocycles. The minimum Gasteiger partial charge on any atom is -0.497 e. The predicted octanol–water partition coefficient (Wildman–Crippen LogP) is 2.11. The van der Waals surface area contributed by atoms with Crippen molar-refractivity contribution >= 4 is 0 Å². The predicted molar refractivity (Wildman–Crippen MR) is 87.7 cm³/mol. The molecular formula is C17H29N3O. The smallest absolute Gasteiger partial charge is 0.119 e. The summed E-state index contributed by atoms with van der Waals surface area (Å²) in [7, 11) is 1.69. The van der Waals surface area contributed by atoms with Gasteiger partial charge in [-0.3, -0.25) is 9.80 Å². The fourth-order valence-corrected chi connectivity index (χ4v) is 2.90.